The number of nitrogens with one attached hydrogen (secondary N) is 1. The van der Waals surface area contributed by atoms with Crippen LogP contribution in [0.15, 0.2) is 48.5 Å². The first-order valence-corrected chi connectivity index (χ1v) is 5.92. The molecular weight excluding hydrogens is 220 g/mol. The molecule has 0 bridgehead atoms. The number of nitrogens with zero attached hydrogens (tertiary/aromatic N) is 1. The number of allylic oxidation sites excluding steroid dienone is 1. The van der Waals surface area contributed by atoms with Crippen LogP contribution in [0.25, 0.3) is 27.9 Å². The highest BCUT2D eigenvalue weighted by Crippen LogP contribution is 2.26. The Morgan fingerprint density at radius 1 is 1.06 bits per heavy atom. The molecule has 0 radical (unpaired) electrons. The Hall–Kier alpha value is -2.53. The molecule has 2 nitrogen and oxygen atoms in total. The van der Waals surface area contributed by atoms with Crippen LogP contribution in [0.5, 0.6) is 0 Å². The first-order chi connectivity index (χ1) is 8.88. The number of benzene rings is 2. The van der Waals surface area contributed by atoms with Crippen LogP contribution in [0, 0.1) is 11.3 Å². The topological polar surface area (TPSA) is 39.6 Å². The van der Waals surface area contributed by atoms with E-state index in [1.54, 1.807) is 0 Å². The highest BCUT2D eigenvalue weighted by molar-refractivity contribution is 6.07. The standard InChI is InChI=1S/C16H12N2/c17-10-4-3-5-12-8-9-16-14(11-12)13-6-1-2-7-15(13)18-16/h1-3,5-9,11,18H,4H2. The van der Waals surface area contributed by atoms with E-state index in [0.717, 1.165) is 16.6 Å². The molecule has 2 heteroatoms. The van der Waals surface area contributed by atoms with Crippen molar-refractivity contribution in [1.82, 2.24) is 4.98 Å². The SMILES string of the molecule is N#CCC=Cc1ccc2[nH]c3ccccc3c2c1. The van der Waals surface area contributed by atoms with Crippen molar-refractivity contribution in [3.8, 4) is 6.07 Å². The molecule has 0 fully saturated rings. The van der Waals surface area contributed by atoms with E-state index < -0.39 is 0 Å². The van der Waals surface area contributed by atoms with Crippen LogP contribution in [0.4, 0.5) is 0 Å². The van der Waals surface area contributed by atoms with Crippen LogP contribution in [-0.2, 0) is 0 Å². The minimum absolute atomic E-state index is 0.450. The Kier molecular flexibility index (Phi) is 2.59. The molecule has 0 aliphatic rings. The van der Waals surface area contributed by atoms with Gasteiger partial charge < -0.3 is 4.98 Å². The van der Waals surface area contributed by atoms with E-state index in [-0.39, 0.29) is 0 Å². The molecule has 0 amide bonds. The lowest BCUT2D eigenvalue weighted by atomic mass is 10.1. The third-order valence-electron chi connectivity index (χ3n) is 3.05. The fraction of sp³-hybridized carbons (Fsp3) is 0.0625. The van der Waals surface area contributed by atoms with Gasteiger partial charge in [-0.1, -0.05) is 36.4 Å². The molecule has 3 aromatic rings. The van der Waals surface area contributed by atoms with Crippen LogP contribution in [0.2, 0.25) is 0 Å². The van der Waals surface area contributed by atoms with Crippen LogP contribution < -0.4 is 0 Å². The van der Waals surface area contributed by atoms with E-state index in [1.807, 2.05) is 24.3 Å². The quantitative estimate of drug-likeness (QED) is 0.705. The highest BCUT2D eigenvalue weighted by atomic mass is 14.7. The van der Waals surface area contributed by atoms with Crippen molar-refractivity contribution in [2.45, 2.75) is 6.42 Å². The van der Waals surface area contributed by atoms with Gasteiger partial charge in [-0.2, -0.15) is 5.26 Å². The molecule has 1 aromatic heterocycles. The Balaban J connectivity index is 2.16. The number of aromatic amines is 1. The summed E-state index contributed by atoms with van der Waals surface area (Å²) >= 11 is 0. The Morgan fingerprint density at radius 2 is 1.89 bits per heavy atom. The highest BCUT2D eigenvalue weighted by Gasteiger charge is 2.02. The molecule has 0 spiro atoms. The normalized spacial score (nSPS) is 11.3. The minimum Gasteiger partial charge on any atom is -0.355 e. The largest absolute Gasteiger partial charge is 0.355 e. The van der Waals surface area contributed by atoms with E-state index >= 15 is 0 Å². The van der Waals surface area contributed by atoms with Gasteiger partial charge in [0.05, 0.1) is 12.5 Å². The number of H-pyrrole nitrogens is 1. The zero-order valence-electron chi connectivity index (χ0n) is 9.85. The maximum Gasteiger partial charge on any atom is 0.0663 e. The predicted octanol–water partition coefficient (Wildman–Crippen LogP) is 4.25. The van der Waals surface area contributed by atoms with Crippen LogP contribution >= 0.6 is 0 Å². The van der Waals surface area contributed by atoms with E-state index in [1.165, 1.54) is 10.8 Å². The number of aromatic nitrogens is 1. The second-order valence-corrected chi connectivity index (χ2v) is 4.24. The third-order valence-corrected chi connectivity index (χ3v) is 3.05. The molecule has 0 aliphatic heterocycles. The first kappa shape index (κ1) is 10.6. The van der Waals surface area contributed by atoms with Crippen molar-refractivity contribution >= 4 is 27.9 Å². The van der Waals surface area contributed by atoms with Crippen LogP contribution in [0.3, 0.4) is 0 Å². The minimum atomic E-state index is 0.450. The molecular formula is C16H12N2. The summed E-state index contributed by atoms with van der Waals surface area (Å²) in [6.07, 6.45) is 4.33. The van der Waals surface area contributed by atoms with Gasteiger partial charge in [0, 0.05) is 21.8 Å². The molecule has 0 unspecified atom stereocenters. The van der Waals surface area contributed by atoms with Crippen molar-refractivity contribution in [2.24, 2.45) is 0 Å². The van der Waals surface area contributed by atoms with Crippen LogP contribution in [0.1, 0.15) is 12.0 Å². The van der Waals surface area contributed by atoms with E-state index in [4.69, 9.17) is 5.26 Å². The van der Waals surface area contributed by atoms with Crippen molar-refractivity contribution in [3.05, 3.63) is 54.1 Å². The summed E-state index contributed by atoms with van der Waals surface area (Å²) < 4.78 is 0. The van der Waals surface area contributed by atoms with Gasteiger partial charge in [-0.25, -0.2) is 0 Å². The zero-order valence-corrected chi connectivity index (χ0v) is 9.85. The van der Waals surface area contributed by atoms with Gasteiger partial charge in [0.2, 0.25) is 0 Å². The van der Waals surface area contributed by atoms with Crippen LogP contribution in [-0.4, -0.2) is 4.98 Å². The number of hydrogen-bond donors (Lipinski definition) is 1. The molecule has 0 saturated carbocycles. The Bertz CT molecular complexity index is 772. The summed E-state index contributed by atoms with van der Waals surface area (Å²) in [5, 5.41) is 11.0. The van der Waals surface area contributed by atoms with E-state index in [0.29, 0.717) is 6.42 Å². The van der Waals surface area contributed by atoms with Gasteiger partial charge in [0.15, 0.2) is 0 Å². The molecule has 86 valence electrons. The van der Waals surface area contributed by atoms with Crippen molar-refractivity contribution < 1.29 is 0 Å². The summed E-state index contributed by atoms with van der Waals surface area (Å²) in [5.74, 6) is 0. The molecule has 1 heterocycles. The van der Waals surface area contributed by atoms with Gasteiger partial charge in [-0.05, 0) is 23.8 Å². The number of rotatable bonds is 2. The smallest absolute Gasteiger partial charge is 0.0663 e. The van der Waals surface area contributed by atoms with Crippen molar-refractivity contribution in [2.75, 3.05) is 0 Å². The zero-order chi connectivity index (χ0) is 12.4. The lowest BCUT2D eigenvalue weighted by Crippen LogP contribution is -1.72. The fourth-order valence-corrected chi connectivity index (χ4v) is 2.22. The summed E-state index contributed by atoms with van der Waals surface area (Å²) in [7, 11) is 0. The second-order valence-electron chi connectivity index (χ2n) is 4.24. The van der Waals surface area contributed by atoms with Gasteiger partial charge in [0.25, 0.3) is 0 Å². The average molecular weight is 232 g/mol. The predicted molar refractivity (Wildman–Crippen MR) is 75.1 cm³/mol. The van der Waals surface area contributed by atoms with E-state index in [2.05, 4.69) is 41.4 Å². The summed E-state index contributed by atoms with van der Waals surface area (Å²) in [5.41, 5.74) is 3.43. The van der Waals surface area contributed by atoms with Gasteiger partial charge in [0.1, 0.15) is 0 Å². The van der Waals surface area contributed by atoms with Gasteiger partial charge >= 0.3 is 0 Å². The molecule has 2 aromatic carbocycles. The monoisotopic (exact) mass is 232 g/mol. The second kappa shape index (κ2) is 4.38. The lowest BCUT2D eigenvalue weighted by Gasteiger charge is -1.94. The molecule has 1 N–H and O–H groups in total. The number of hydrogen-bond acceptors (Lipinski definition) is 1. The molecule has 18 heavy (non-hydrogen) atoms. The summed E-state index contributed by atoms with van der Waals surface area (Å²) in [4.78, 5) is 3.40. The fourth-order valence-electron chi connectivity index (χ4n) is 2.22. The lowest BCUT2D eigenvalue weighted by molar-refractivity contribution is 1.36. The number of nitriles is 1. The molecule has 0 aliphatic carbocycles. The van der Waals surface area contributed by atoms with Crippen molar-refractivity contribution in [1.29, 1.82) is 5.26 Å². The summed E-state index contributed by atoms with van der Waals surface area (Å²) in [6, 6.07) is 16.7. The number of para-hydroxylation sites is 1. The molecule has 0 atom stereocenters. The van der Waals surface area contributed by atoms with E-state index in [9.17, 15) is 0 Å². The first-order valence-electron chi connectivity index (χ1n) is 5.92. The maximum atomic E-state index is 8.52. The summed E-state index contributed by atoms with van der Waals surface area (Å²) in [6.45, 7) is 0. The number of fused-ring (bicyclic) bond motifs is 3. The molecule has 0 saturated heterocycles. The molecule has 3 rings (SSSR count). The maximum absolute atomic E-state index is 8.52. The van der Waals surface area contributed by atoms with Gasteiger partial charge in [-0.3, -0.25) is 0 Å². The van der Waals surface area contributed by atoms with Crippen molar-refractivity contribution in [3.63, 3.8) is 0 Å². The average Bonchev–Trinajstić information content (AvgIpc) is 2.77. The Labute approximate surface area is 105 Å². The Morgan fingerprint density at radius 3 is 2.78 bits per heavy atom. The third kappa shape index (κ3) is 1.76. The van der Waals surface area contributed by atoms with Gasteiger partial charge in [-0.15, -0.1) is 0 Å².